The summed E-state index contributed by atoms with van der Waals surface area (Å²) in [6, 6.07) is 2.09. The second kappa shape index (κ2) is 6.04. The maximum atomic E-state index is 8.76. The fourth-order valence-corrected chi connectivity index (χ4v) is 2.47. The van der Waals surface area contributed by atoms with Gasteiger partial charge in [-0.3, -0.25) is 0 Å². The third-order valence-corrected chi connectivity index (χ3v) is 3.43. The lowest BCUT2D eigenvalue weighted by atomic mass is 9.96. The van der Waals surface area contributed by atoms with Gasteiger partial charge in [-0.05, 0) is 19.3 Å². The Balaban J connectivity index is 1.94. The minimum atomic E-state index is 0.222. The predicted octanol–water partition coefficient (Wildman–Crippen LogP) is 3.04. The Kier molecular flexibility index (Phi) is 4.40. The molecule has 0 unspecified atom stereocenters. The number of aryl methyl sites for hydroxylation is 1. The van der Waals surface area contributed by atoms with Crippen molar-refractivity contribution in [3.63, 3.8) is 0 Å². The van der Waals surface area contributed by atoms with Gasteiger partial charge in [0.05, 0.1) is 5.69 Å². The van der Waals surface area contributed by atoms with Crippen LogP contribution in [0.15, 0.2) is 10.6 Å². The highest BCUT2D eigenvalue weighted by Gasteiger charge is 2.18. The summed E-state index contributed by atoms with van der Waals surface area (Å²) >= 11 is 0. The summed E-state index contributed by atoms with van der Waals surface area (Å²) in [5.41, 5.74) is 1.13. The number of aliphatic hydroxyl groups is 1. The van der Waals surface area contributed by atoms with Crippen LogP contribution < -0.4 is 0 Å². The number of aromatic nitrogens is 1. The van der Waals surface area contributed by atoms with Gasteiger partial charge in [0.1, 0.15) is 5.76 Å². The minimum Gasteiger partial charge on any atom is -0.396 e. The maximum Gasteiger partial charge on any atom is 0.137 e. The number of hydrogen-bond acceptors (Lipinski definition) is 3. The Bertz CT molecular complexity index is 301. The van der Waals surface area contributed by atoms with Crippen molar-refractivity contribution in [1.29, 1.82) is 0 Å². The molecule has 2 rings (SSSR count). The van der Waals surface area contributed by atoms with Crippen LogP contribution in [0.2, 0.25) is 0 Å². The Morgan fingerprint density at radius 2 is 2.00 bits per heavy atom. The standard InChI is InChI=1S/C13H21NO2/c15-9-5-8-12-10-13(14-16-12)11-6-3-1-2-4-7-11/h10-11,15H,1-9H2. The van der Waals surface area contributed by atoms with E-state index in [4.69, 9.17) is 9.63 Å². The minimum absolute atomic E-state index is 0.222. The maximum absolute atomic E-state index is 8.76. The first kappa shape index (κ1) is 11.6. The van der Waals surface area contributed by atoms with E-state index in [1.165, 1.54) is 38.5 Å². The summed E-state index contributed by atoms with van der Waals surface area (Å²) in [4.78, 5) is 0. The van der Waals surface area contributed by atoms with Crippen LogP contribution in [0, 0.1) is 0 Å². The molecule has 1 fully saturated rings. The highest BCUT2D eigenvalue weighted by Crippen LogP contribution is 2.31. The highest BCUT2D eigenvalue weighted by atomic mass is 16.5. The lowest BCUT2D eigenvalue weighted by molar-refractivity contribution is 0.279. The van der Waals surface area contributed by atoms with E-state index < -0.39 is 0 Å². The van der Waals surface area contributed by atoms with Crippen molar-refractivity contribution in [2.45, 2.75) is 57.3 Å². The Morgan fingerprint density at radius 3 is 2.69 bits per heavy atom. The van der Waals surface area contributed by atoms with Crippen LogP contribution in [0.3, 0.4) is 0 Å². The fraction of sp³-hybridized carbons (Fsp3) is 0.769. The molecule has 1 aliphatic carbocycles. The molecule has 1 saturated carbocycles. The molecule has 0 spiro atoms. The lowest BCUT2D eigenvalue weighted by Gasteiger charge is -2.08. The van der Waals surface area contributed by atoms with Crippen molar-refractivity contribution in [2.24, 2.45) is 0 Å². The molecule has 1 aromatic heterocycles. The van der Waals surface area contributed by atoms with E-state index in [2.05, 4.69) is 11.2 Å². The first-order valence-corrected chi connectivity index (χ1v) is 6.46. The Labute approximate surface area is 96.8 Å². The van der Waals surface area contributed by atoms with Gasteiger partial charge >= 0.3 is 0 Å². The van der Waals surface area contributed by atoms with Crippen LogP contribution in [-0.2, 0) is 6.42 Å². The molecular weight excluding hydrogens is 202 g/mol. The number of hydrogen-bond donors (Lipinski definition) is 1. The molecule has 1 aromatic rings. The monoisotopic (exact) mass is 223 g/mol. The smallest absolute Gasteiger partial charge is 0.137 e. The SMILES string of the molecule is OCCCc1cc(C2CCCCCC2)no1. The Hall–Kier alpha value is -0.830. The molecule has 0 amide bonds. The van der Waals surface area contributed by atoms with E-state index in [1.807, 2.05) is 0 Å². The van der Waals surface area contributed by atoms with Crippen LogP contribution in [0.25, 0.3) is 0 Å². The van der Waals surface area contributed by atoms with Gasteiger partial charge in [-0.25, -0.2) is 0 Å². The van der Waals surface area contributed by atoms with E-state index in [-0.39, 0.29) is 6.61 Å². The van der Waals surface area contributed by atoms with Crippen LogP contribution in [0.1, 0.15) is 62.3 Å². The zero-order valence-corrected chi connectivity index (χ0v) is 9.82. The van der Waals surface area contributed by atoms with Crippen molar-refractivity contribution in [3.8, 4) is 0 Å². The first-order valence-electron chi connectivity index (χ1n) is 6.46. The average molecular weight is 223 g/mol. The van der Waals surface area contributed by atoms with Crippen LogP contribution in [0.5, 0.6) is 0 Å². The van der Waals surface area contributed by atoms with Crippen LogP contribution in [-0.4, -0.2) is 16.9 Å². The van der Waals surface area contributed by atoms with Gasteiger partial charge in [0.15, 0.2) is 0 Å². The number of nitrogens with zero attached hydrogens (tertiary/aromatic N) is 1. The van der Waals surface area contributed by atoms with Gasteiger partial charge in [-0.15, -0.1) is 0 Å². The topological polar surface area (TPSA) is 46.3 Å². The lowest BCUT2D eigenvalue weighted by Crippen LogP contribution is -1.96. The van der Waals surface area contributed by atoms with E-state index in [1.54, 1.807) is 0 Å². The quantitative estimate of drug-likeness (QED) is 0.798. The van der Waals surface area contributed by atoms with E-state index in [0.717, 1.165) is 24.3 Å². The summed E-state index contributed by atoms with van der Waals surface area (Å²) in [6.45, 7) is 0.222. The van der Waals surface area contributed by atoms with Gasteiger partial charge in [0.2, 0.25) is 0 Å². The summed E-state index contributed by atoms with van der Waals surface area (Å²) in [6.07, 6.45) is 9.46. The van der Waals surface area contributed by atoms with Gasteiger partial charge < -0.3 is 9.63 Å². The van der Waals surface area contributed by atoms with Crippen LogP contribution in [0.4, 0.5) is 0 Å². The molecular formula is C13H21NO2. The molecule has 0 aliphatic heterocycles. The largest absolute Gasteiger partial charge is 0.396 e. The molecule has 0 saturated heterocycles. The van der Waals surface area contributed by atoms with Crippen molar-refractivity contribution < 1.29 is 9.63 Å². The second-order valence-corrected chi connectivity index (χ2v) is 4.73. The van der Waals surface area contributed by atoms with Crippen molar-refractivity contribution in [3.05, 3.63) is 17.5 Å². The third-order valence-electron chi connectivity index (χ3n) is 3.43. The normalized spacial score (nSPS) is 18.6. The predicted molar refractivity (Wildman–Crippen MR) is 62.4 cm³/mol. The summed E-state index contributed by atoms with van der Waals surface area (Å²) in [5.74, 6) is 1.53. The molecule has 3 nitrogen and oxygen atoms in total. The molecule has 90 valence electrons. The van der Waals surface area contributed by atoms with Crippen molar-refractivity contribution in [2.75, 3.05) is 6.61 Å². The molecule has 1 N–H and O–H groups in total. The molecule has 0 bridgehead atoms. The molecule has 1 heterocycles. The summed E-state index contributed by atoms with van der Waals surface area (Å²) in [5, 5.41) is 12.9. The van der Waals surface area contributed by atoms with Gasteiger partial charge in [-0.2, -0.15) is 0 Å². The average Bonchev–Trinajstić information content (AvgIpc) is 2.60. The fourth-order valence-electron chi connectivity index (χ4n) is 2.47. The van der Waals surface area contributed by atoms with Crippen molar-refractivity contribution >= 4 is 0 Å². The Morgan fingerprint density at radius 1 is 1.25 bits per heavy atom. The van der Waals surface area contributed by atoms with E-state index in [9.17, 15) is 0 Å². The zero-order valence-electron chi connectivity index (χ0n) is 9.82. The van der Waals surface area contributed by atoms with Crippen molar-refractivity contribution in [1.82, 2.24) is 5.16 Å². The van der Waals surface area contributed by atoms with Crippen LogP contribution >= 0.6 is 0 Å². The van der Waals surface area contributed by atoms with Gasteiger partial charge in [-0.1, -0.05) is 30.8 Å². The zero-order chi connectivity index (χ0) is 11.2. The number of aliphatic hydroxyl groups excluding tert-OH is 1. The first-order chi connectivity index (χ1) is 7.90. The van der Waals surface area contributed by atoms with Gasteiger partial charge in [0, 0.05) is 25.0 Å². The third kappa shape index (κ3) is 3.08. The van der Waals surface area contributed by atoms with E-state index in [0.29, 0.717) is 5.92 Å². The molecule has 1 aliphatic rings. The molecule has 3 heteroatoms. The molecule has 0 atom stereocenters. The number of rotatable bonds is 4. The summed E-state index contributed by atoms with van der Waals surface area (Å²) < 4.78 is 5.30. The van der Waals surface area contributed by atoms with E-state index >= 15 is 0 Å². The molecule has 0 aromatic carbocycles. The molecule has 16 heavy (non-hydrogen) atoms. The van der Waals surface area contributed by atoms with Gasteiger partial charge in [0.25, 0.3) is 0 Å². The summed E-state index contributed by atoms with van der Waals surface area (Å²) in [7, 11) is 0. The second-order valence-electron chi connectivity index (χ2n) is 4.73. The highest BCUT2D eigenvalue weighted by molar-refractivity contribution is 5.11. The molecule has 0 radical (unpaired) electrons.